The number of morpholine rings is 1. The smallest absolute Gasteiger partial charge is 0.186 e. The molecule has 0 saturated carbocycles. The van der Waals surface area contributed by atoms with E-state index in [1.807, 2.05) is 6.07 Å². The first kappa shape index (κ1) is 14.9. The van der Waals surface area contributed by atoms with Crippen molar-refractivity contribution in [1.29, 1.82) is 0 Å². The Morgan fingerprint density at radius 2 is 2.05 bits per heavy atom. The Hall–Kier alpha value is -1.53. The van der Waals surface area contributed by atoms with E-state index >= 15 is 0 Å². The Labute approximate surface area is 121 Å². The Morgan fingerprint density at radius 3 is 2.65 bits per heavy atom. The van der Waals surface area contributed by atoms with Gasteiger partial charge in [-0.1, -0.05) is 11.8 Å². The van der Waals surface area contributed by atoms with Crippen molar-refractivity contribution in [2.24, 2.45) is 0 Å². The summed E-state index contributed by atoms with van der Waals surface area (Å²) in [6.45, 7) is 4.28. The number of ketones is 1. The fraction of sp³-hybridized carbons (Fsp3) is 0.429. The van der Waals surface area contributed by atoms with Gasteiger partial charge in [0.25, 0.3) is 0 Å². The van der Waals surface area contributed by atoms with E-state index in [9.17, 15) is 14.7 Å². The summed E-state index contributed by atoms with van der Waals surface area (Å²) in [5.74, 6) is -0.223. The van der Waals surface area contributed by atoms with Crippen molar-refractivity contribution in [3.8, 4) is 5.75 Å². The van der Waals surface area contributed by atoms with E-state index in [1.54, 1.807) is 12.1 Å². The first-order valence-corrected chi connectivity index (χ1v) is 7.39. The number of anilines is 1. The average molecular weight is 295 g/mol. The molecular formula is C14H17NO4S. The van der Waals surface area contributed by atoms with E-state index in [1.165, 1.54) is 6.92 Å². The minimum atomic E-state index is -0.240. The van der Waals surface area contributed by atoms with Gasteiger partial charge in [0.15, 0.2) is 10.9 Å². The molecule has 0 bridgehead atoms. The largest absolute Gasteiger partial charge is 0.507 e. The molecular weight excluding hydrogens is 278 g/mol. The summed E-state index contributed by atoms with van der Waals surface area (Å²) in [6, 6.07) is 5.02. The molecule has 2 rings (SSSR count). The summed E-state index contributed by atoms with van der Waals surface area (Å²) in [5.41, 5.74) is 1.14. The lowest BCUT2D eigenvalue weighted by Gasteiger charge is -2.29. The third kappa shape index (κ3) is 3.74. The predicted molar refractivity (Wildman–Crippen MR) is 78.6 cm³/mol. The number of benzene rings is 1. The fourth-order valence-electron chi connectivity index (χ4n) is 2.02. The van der Waals surface area contributed by atoms with E-state index in [4.69, 9.17) is 4.74 Å². The summed E-state index contributed by atoms with van der Waals surface area (Å²) >= 11 is 0.949. The number of phenols is 1. The van der Waals surface area contributed by atoms with Crippen LogP contribution in [0.2, 0.25) is 0 Å². The average Bonchev–Trinajstić information content (AvgIpc) is 2.45. The monoisotopic (exact) mass is 295 g/mol. The van der Waals surface area contributed by atoms with Crippen LogP contribution in [0.15, 0.2) is 18.2 Å². The van der Waals surface area contributed by atoms with Gasteiger partial charge in [-0.25, -0.2) is 0 Å². The van der Waals surface area contributed by atoms with Crippen LogP contribution in [0.4, 0.5) is 5.69 Å². The van der Waals surface area contributed by atoms with Crippen LogP contribution in [-0.2, 0) is 9.53 Å². The van der Waals surface area contributed by atoms with Gasteiger partial charge in [-0.3, -0.25) is 9.59 Å². The Bertz CT molecular complexity index is 512. The van der Waals surface area contributed by atoms with Gasteiger partial charge < -0.3 is 14.7 Å². The lowest BCUT2D eigenvalue weighted by Crippen LogP contribution is -2.36. The molecule has 0 amide bonds. The number of carbonyl (C=O) groups is 2. The molecule has 108 valence electrons. The molecule has 1 heterocycles. The standard InChI is InChI=1S/C14H17NO4S/c1-10(16)20-9-14(18)12-3-2-11(8-13(12)17)15-4-6-19-7-5-15/h2-3,8,17H,4-7,9H2,1H3. The first-order valence-electron chi connectivity index (χ1n) is 6.40. The van der Waals surface area contributed by atoms with E-state index < -0.39 is 0 Å². The highest BCUT2D eigenvalue weighted by Crippen LogP contribution is 2.26. The van der Waals surface area contributed by atoms with E-state index in [0.717, 1.165) is 30.5 Å². The highest BCUT2D eigenvalue weighted by Gasteiger charge is 2.16. The first-order chi connectivity index (χ1) is 9.58. The molecule has 1 aromatic rings. The van der Waals surface area contributed by atoms with Crippen LogP contribution in [0.25, 0.3) is 0 Å². The Morgan fingerprint density at radius 1 is 1.35 bits per heavy atom. The van der Waals surface area contributed by atoms with Gasteiger partial charge in [0, 0.05) is 31.8 Å². The Balaban J connectivity index is 2.08. The number of hydrogen-bond donors (Lipinski definition) is 1. The van der Waals surface area contributed by atoms with Crippen molar-refractivity contribution in [3.05, 3.63) is 23.8 Å². The number of ether oxygens (including phenoxy) is 1. The molecule has 1 fully saturated rings. The zero-order valence-corrected chi connectivity index (χ0v) is 12.1. The number of aromatic hydroxyl groups is 1. The van der Waals surface area contributed by atoms with Crippen molar-refractivity contribution >= 4 is 28.3 Å². The fourth-order valence-corrected chi connectivity index (χ4v) is 2.51. The molecule has 1 aliphatic rings. The molecule has 20 heavy (non-hydrogen) atoms. The summed E-state index contributed by atoms with van der Waals surface area (Å²) in [7, 11) is 0. The molecule has 1 aliphatic heterocycles. The molecule has 1 saturated heterocycles. The molecule has 0 unspecified atom stereocenters. The van der Waals surface area contributed by atoms with E-state index in [-0.39, 0.29) is 28.0 Å². The second-order valence-electron chi connectivity index (χ2n) is 4.50. The topological polar surface area (TPSA) is 66.8 Å². The van der Waals surface area contributed by atoms with Crippen LogP contribution in [-0.4, -0.2) is 48.1 Å². The van der Waals surface area contributed by atoms with Crippen LogP contribution >= 0.6 is 11.8 Å². The molecule has 5 nitrogen and oxygen atoms in total. The second-order valence-corrected chi connectivity index (χ2v) is 5.66. The maximum Gasteiger partial charge on any atom is 0.186 e. The minimum absolute atomic E-state index is 0.0388. The zero-order valence-electron chi connectivity index (χ0n) is 11.3. The van der Waals surface area contributed by atoms with Gasteiger partial charge >= 0.3 is 0 Å². The third-order valence-electron chi connectivity index (χ3n) is 3.06. The maximum atomic E-state index is 11.9. The number of thioether (sulfide) groups is 1. The van der Waals surface area contributed by atoms with Gasteiger partial charge in [-0.2, -0.15) is 0 Å². The normalized spacial score (nSPS) is 15.2. The SMILES string of the molecule is CC(=O)SCC(=O)c1ccc(N2CCOCC2)cc1O. The number of carbonyl (C=O) groups excluding carboxylic acids is 2. The highest BCUT2D eigenvalue weighted by molar-refractivity contribution is 8.14. The van der Waals surface area contributed by atoms with Crippen LogP contribution in [0, 0.1) is 0 Å². The maximum absolute atomic E-state index is 11.9. The molecule has 0 atom stereocenters. The van der Waals surface area contributed by atoms with Gasteiger partial charge in [0.1, 0.15) is 5.75 Å². The minimum Gasteiger partial charge on any atom is -0.507 e. The lowest BCUT2D eigenvalue weighted by atomic mass is 10.1. The summed E-state index contributed by atoms with van der Waals surface area (Å²) in [6.07, 6.45) is 0. The molecule has 0 aromatic heterocycles. The summed E-state index contributed by atoms with van der Waals surface area (Å²) in [4.78, 5) is 24.8. The second kappa shape index (κ2) is 6.76. The number of rotatable bonds is 4. The molecule has 0 aliphatic carbocycles. The van der Waals surface area contributed by atoms with E-state index in [0.29, 0.717) is 13.2 Å². The summed E-state index contributed by atoms with van der Waals surface area (Å²) in [5, 5.41) is 9.88. The van der Waals surface area contributed by atoms with Gasteiger partial charge in [-0.15, -0.1) is 0 Å². The number of nitrogens with zero attached hydrogens (tertiary/aromatic N) is 1. The van der Waals surface area contributed by atoms with Crippen molar-refractivity contribution in [1.82, 2.24) is 0 Å². The van der Waals surface area contributed by atoms with Crippen LogP contribution in [0.1, 0.15) is 17.3 Å². The van der Waals surface area contributed by atoms with Crippen molar-refractivity contribution in [2.75, 3.05) is 37.0 Å². The van der Waals surface area contributed by atoms with Crippen LogP contribution in [0.5, 0.6) is 5.75 Å². The number of hydrogen-bond acceptors (Lipinski definition) is 6. The molecule has 0 spiro atoms. The molecule has 1 N–H and O–H groups in total. The molecule has 6 heteroatoms. The number of phenolic OH excluding ortho intramolecular Hbond substituents is 1. The molecule has 0 radical (unpaired) electrons. The van der Waals surface area contributed by atoms with Gasteiger partial charge in [-0.05, 0) is 12.1 Å². The highest BCUT2D eigenvalue weighted by atomic mass is 32.2. The molecule has 1 aromatic carbocycles. The van der Waals surface area contributed by atoms with Crippen molar-refractivity contribution in [3.63, 3.8) is 0 Å². The van der Waals surface area contributed by atoms with E-state index in [2.05, 4.69) is 4.90 Å². The van der Waals surface area contributed by atoms with Crippen LogP contribution < -0.4 is 4.90 Å². The third-order valence-corrected chi connectivity index (χ3v) is 3.88. The van der Waals surface area contributed by atoms with Gasteiger partial charge in [0.2, 0.25) is 0 Å². The number of Topliss-reactive ketones (excluding diaryl/α,β-unsaturated/α-hetero) is 1. The quantitative estimate of drug-likeness (QED) is 0.853. The van der Waals surface area contributed by atoms with Gasteiger partial charge in [0.05, 0.1) is 24.5 Å². The summed E-state index contributed by atoms with van der Waals surface area (Å²) < 4.78 is 5.27. The lowest BCUT2D eigenvalue weighted by molar-refractivity contribution is -0.109. The zero-order chi connectivity index (χ0) is 14.5. The Kier molecular flexibility index (Phi) is 5.03. The predicted octanol–water partition coefficient (Wildman–Crippen LogP) is 1.69. The van der Waals surface area contributed by atoms with Crippen molar-refractivity contribution < 1.29 is 19.4 Å². The van der Waals surface area contributed by atoms with Crippen LogP contribution in [0.3, 0.4) is 0 Å². The van der Waals surface area contributed by atoms with Crippen molar-refractivity contribution in [2.45, 2.75) is 6.92 Å².